The molecule has 0 aliphatic heterocycles. The molecule has 6 aromatic carbocycles. The third kappa shape index (κ3) is 4.57. The minimum atomic E-state index is 0.132. The Kier molecular flexibility index (Phi) is 6.97. The molecule has 0 N–H and O–H groups in total. The van der Waals surface area contributed by atoms with Gasteiger partial charge in [-0.05, 0) is 165 Å². The van der Waals surface area contributed by atoms with Crippen molar-refractivity contribution in [3.63, 3.8) is 0 Å². The summed E-state index contributed by atoms with van der Waals surface area (Å²) in [7, 11) is 0. The molecule has 6 aliphatic rings. The first-order valence-electron chi connectivity index (χ1n) is 20.7. The van der Waals surface area contributed by atoms with Gasteiger partial charge in [0.2, 0.25) is 0 Å². The molecule has 0 amide bonds. The molecule has 4 bridgehead atoms. The van der Waals surface area contributed by atoms with E-state index in [0.29, 0.717) is 0 Å². The molecular formula is C53H51N. The molecule has 0 aromatic heterocycles. The molecule has 12 rings (SSSR count). The van der Waals surface area contributed by atoms with Gasteiger partial charge in [0, 0.05) is 22.5 Å². The maximum absolute atomic E-state index is 2.51. The van der Waals surface area contributed by atoms with E-state index in [1.54, 1.807) is 11.1 Å². The molecule has 4 fully saturated rings. The Morgan fingerprint density at radius 1 is 0.463 bits per heavy atom. The van der Waals surface area contributed by atoms with Gasteiger partial charge in [-0.15, -0.1) is 0 Å². The topological polar surface area (TPSA) is 3.24 Å². The number of hydrogen-bond donors (Lipinski definition) is 0. The van der Waals surface area contributed by atoms with E-state index in [-0.39, 0.29) is 16.2 Å². The van der Waals surface area contributed by atoms with Crippen LogP contribution in [0.25, 0.3) is 33.4 Å². The van der Waals surface area contributed by atoms with Crippen molar-refractivity contribution in [2.24, 2.45) is 23.7 Å². The standard InChI is InChI=1S/C53H51N/c1-51(2)27-28-52(3,4)49-33-42(25-26-46(49)51)54(40-21-17-36(18-22-40)35-11-6-5-7-12-35)41-23-19-37(20-24-41)43-14-10-16-47-50(43)44-13-8-9-15-45(44)53(47)39-30-34-29-38(32-39)48(53)31-34/h5-26,33-34,38-39,48H,27-32H2,1-4H3. The first kappa shape index (κ1) is 32.5. The van der Waals surface area contributed by atoms with E-state index in [1.807, 2.05) is 0 Å². The molecule has 5 unspecified atom stereocenters. The van der Waals surface area contributed by atoms with Crippen molar-refractivity contribution in [3.05, 3.63) is 162 Å². The van der Waals surface area contributed by atoms with Gasteiger partial charge in [-0.25, -0.2) is 0 Å². The molecule has 6 aromatic rings. The van der Waals surface area contributed by atoms with Crippen LogP contribution in [-0.4, -0.2) is 0 Å². The van der Waals surface area contributed by atoms with Gasteiger partial charge in [-0.2, -0.15) is 0 Å². The van der Waals surface area contributed by atoms with Crippen LogP contribution in [0.3, 0.4) is 0 Å². The average molecular weight is 702 g/mol. The number of rotatable bonds is 5. The van der Waals surface area contributed by atoms with E-state index in [1.165, 1.54) is 100 Å². The molecule has 1 heteroatoms. The van der Waals surface area contributed by atoms with Crippen LogP contribution in [-0.2, 0) is 16.2 Å². The summed E-state index contributed by atoms with van der Waals surface area (Å²) in [5, 5.41) is 0. The number of hydrogen-bond acceptors (Lipinski definition) is 1. The van der Waals surface area contributed by atoms with Crippen LogP contribution in [0.2, 0.25) is 0 Å². The fourth-order valence-corrected chi connectivity index (χ4v) is 12.6. The van der Waals surface area contributed by atoms with Crippen molar-refractivity contribution < 1.29 is 0 Å². The first-order chi connectivity index (χ1) is 26.2. The fourth-order valence-electron chi connectivity index (χ4n) is 12.6. The lowest BCUT2D eigenvalue weighted by Gasteiger charge is -2.43. The van der Waals surface area contributed by atoms with Gasteiger partial charge in [-0.1, -0.05) is 131 Å². The molecule has 54 heavy (non-hydrogen) atoms. The minimum absolute atomic E-state index is 0.132. The SMILES string of the molecule is CC1(C)CCC(C)(C)c2cc(N(c3ccc(-c4ccccc4)cc3)c3ccc(-c4cccc5c4-c4ccccc4C54C5CC6CC(C5)C4C6)cc3)ccc21. The maximum atomic E-state index is 2.51. The smallest absolute Gasteiger partial charge is 0.0464 e. The van der Waals surface area contributed by atoms with Crippen LogP contribution >= 0.6 is 0 Å². The summed E-state index contributed by atoms with van der Waals surface area (Å²) in [4.78, 5) is 2.47. The zero-order valence-corrected chi connectivity index (χ0v) is 32.3. The summed E-state index contributed by atoms with van der Waals surface area (Å²) in [6.45, 7) is 9.70. The van der Waals surface area contributed by atoms with Crippen LogP contribution in [0.15, 0.2) is 140 Å². The quantitative estimate of drug-likeness (QED) is 0.173. The Morgan fingerprint density at radius 2 is 1.07 bits per heavy atom. The highest BCUT2D eigenvalue weighted by Gasteiger charge is 2.66. The number of fused-ring (bicyclic) bond motifs is 4. The van der Waals surface area contributed by atoms with Crippen LogP contribution in [0, 0.1) is 23.7 Å². The van der Waals surface area contributed by atoms with Crippen molar-refractivity contribution >= 4 is 17.1 Å². The second kappa shape index (κ2) is 11.6. The molecule has 6 aliphatic carbocycles. The monoisotopic (exact) mass is 701 g/mol. The molecule has 1 nitrogen and oxygen atoms in total. The largest absolute Gasteiger partial charge is 0.310 e. The van der Waals surface area contributed by atoms with E-state index in [4.69, 9.17) is 0 Å². The third-order valence-corrected chi connectivity index (χ3v) is 15.1. The Hall–Kier alpha value is -4.88. The van der Waals surface area contributed by atoms with Gasteiger partial charge in [0.25, 0.3) is 0 Å². The third-order valence-electron chi connectivity index (χ3n) is 15.1. The zero-order chi connectivity index (χ0) is 36.4. The second-order valence-corrected chi connectivity index (χ2v) is 18.8. The van der Waals surface area contributed by atoms with Crippen LogP contribution in [0.1, 0.15) is 88.5 Å². The van der Waals surface area contributed by atoms with Gasteiger partial charge in [0.15, 0.2) is 0 Å². The Labute approximate surface area is 322 Å². The van der Waals surface area contributed by atoms with E-state index in [9.17, 15) is 0 Å². The zero-order valence-electron chi connectivity index (χ0n) is 32.3. The number of benzene rings is 6. The Morgan fingerprint density at radius 3 is 1.81 bits per heavy atom. The van der Waals surface area contributed by atoms with E-state index in [0.717, 1.165) is 23.7 Å². The van der Waals surface area contributed by atoms with Crippen molar-refractivity contribution in [2.75, 3.05) is 4.90 Å². The van der Waals surface area contributed by atoms with Crippen molar-refractivity contribution in [1.82, 2.24) is 0 Å². The molecule has 5 atom stereocenters. The molecule has 268 valence electrons. The molecule has 1 spiro atoms. The highest BCUT2D eigenvalue weighted by Crippen LogP contribution is 2.73. The van der Waals surface area contributed by atoms with Crippen LogP contribution < -0.4 is 4.90 Å². The highest BCUT2D eigenvalue weighted by molar-refractivity contribution is 5.94. The Bertz CT molecular complexity index is 2410. The summed E-state index contributed by atoms with van der Waals surface area (Å²) in [5.41, 5.74) is 18.5. The molecule has 0 radical (unpaired) electrons. The van der Waals surface area contributed by atoms with Crippen molar-refractivity contribution in [3.8, 4) is 33.4 Å². The minimum Gasteiger partial charge on any atom is -0.310 e. The average Bonchev–Trinajstić information content (AvgIpc) is 3.75. The summed E-state index contributed by atoms with van der Waals surface area (Å²) >= 11 is 0. The summed E-state index contributed by atoms with van der Waals surface area (Å²) in [5.74, 6) is 3.45. The first-order valence-corrected chi connectivity index (χ1v) is 20.7. The fraction of sp³-hybridized carbons (Fsp3) is 0.321. The summed E-state index contributed by atoms with van der Waals surface area (Å²) < 4.78 is 0. The summed E-state index contributed by atoms with van der Waals surface area (Å²) in [6, 6.07) is 53.5. The van der Waals surface area contributed by atoms with Gasteiger partial charge in [-0.3, -0.25) is 0 Å². The van der Waals surface area contributed by atoms with Crippen LogP contribution in [0.5, 0.6) is 0 Å². The molecule has 4 saturated carbocycles. The van der Waals surface area contributed by atoms with Gasteiger partial charge in [0.05, 0.1) is 0 Å². The Balaban J connectivity index is 1.03. The maximum Gasteiger partial charge on any atom is 0.0464 e. The van der Waals surface area contributed by atoms with Gasteiger partial charge in [0.1, 0.15) is 0 Å². The highest BCUT2D eigenvalue weighted by atomic mass is 15.1. The van der Waals surface area contributed by atoms with Gasteiger partial charge < -0.3 is 4.90 Å². The van der Waals surface area contributed by atoms with Crippen molar-refractivity contribution in [1.29, 1.82) is 0 Å². The lowest BCUT2D eigenvalue weighted by Crippen LogP contribution is -2.40. The second-order valence-electron chi connectivity index (χ2n) is 18.8. The summed E-state index contributed by atoms with van der Waals surface area (Å²) in [6.07, 6.45) is 8.15. The van der Waals surface area contributed by atoms with E-state index < -0.39 is 0 Å². The lowest BCUT2D eigenvalue weighted by atomic mass is 9.59. The van der Waals surface area contributed by atoms with E-state index >= 15 is 0 Å². The lowest BCUT2D eigenvalue weighted by molar-refractivity contribution is 0.191. The molecular weight excluding hydrogens is 651 g/mol. The predicted molar refractivity (Wildman–Crippen MR) is 226 cm³/mol. The van der Waals surface area contributed by atoms with Crippen LogP contribution in [0.4, 0.5) is 17.1 Å². The molecule has 0 saturated heterocycles. The number of anilines is 3. The number of nitrogens with zero attached hydrogens (tertiary/aromatic N) is 1. The van der Waals surface area contributed by atoms with Gasteiger partial charge >= 0.3 is 0 Å². The molecule has 0 heterocycles. The van der Waals surface area contributed by atoms with Crippen molar-refractivity contribution in [2.45, 2.75) is 82.5 Å². The van der Waals surface area contributed by atoms with E-state index in [2.05, 4.69) is 172 Å². The normalized spacial score (nSPS) is 26.1. The predicted octanol–water partition coefficient (Wildman–Crippen LogP) is 14.2.